The van der Waals surface area contributed by atoms with Gasteiger partial charge in [0.1, 0.15) is 0 Å². The lowest BCUT2D eigenvalue weighted by molar-refractivity contribution is 0.0793. The summed E-state index contributed by atoms with van der Waals surface area (Å²) in [6.07, 6.45) is 0. The minimum Gasteiger partial charge on any atom is -0.329 e. The zero-order valence-corrected chi connectivity index (χ0v) is 11.0. The van der Waals surface area contributed by atoms with Gasteiger partial charge < -0.3 is 10.6 Å². The van der Waals surface area contributed by atoms with E-state index in [4.69, 9.17) is 5.73 Å². The Balaban J connectivity index is 2.80. The third-order valence-corrected chi connectivity index (χ3v) is 3.23. The highest BCUT2D eigenvalue weighted by molar-refractivity contribution is 4.89. The second-order valence-electron chi connectivity index (χ2n) is 6.04. The smallest absolute Gasteiger partial charge is 0.0350 e. The molecule has 1 saturated heterocycles. The van der Waals surface area contributed by atoms with Crippen LogP contribution in [0.5, 0.6) is 0 Å². The summed E-state index contributed by atoms with van der Waals surface area (Å²) in [5.41, 5.74) is 6.12. The van der Waals surface area contributed by atoms with Crippen molar-refractivity contribution in [2.75, 3.05) is 33.2 Å². The van der Waals surface area contributed by atoms with E-state index in [-0.39, 0.29) is 5.54 Å². The molecular formula is C12H27N3. The van der Waals surface area contributed by atoms with E-state index in [0.717, 1.165) is 25.6 Å². The Morgan fingerprint density at radius 1 is 1.20 bits per heavy atom. The van der Waals surface area contributed by atoms with E-state index >= 15 is 0 Å². The van der Waals surface area contributed by atoms with Crippen LogP contribution in [-0.2, 0) is 0 Å². The second-order valence-corrected chi connectivity index (χ2v) is 6.04. The molecule has 1 heterocycles. The summed E-state index contributed by atoms with van der Waals surface area (Å²) in [5.74, 6) is 0.728. The molecule has 1 aliphatic rings. The van der Waals surface area contributed by atoms with Crippen molar-refractivity contribution in [3.8, 4) is 0 Å². The number of hydrogen-bond acceptors (Lipinski definition) is 3. The van der Waals surface area contributed by atoms with Gasteiger partial charge in [-0.05, 0) is 33.7 Å². The van der Waals surface area contributed by atoms with Crippen molar-refractivity contribution in [1.29, 1.82) is 0 Å². The molecule has 0 bridgehead atoms. The molecule has 2 N–H and O–H groups in total. The molecule has 1 fully saturated rings. The molecule has 3 heteroatoms. The van der Waals surface area contributed by atoms with Gasteiger partial charge >= 0.3 is 0 Å². The average Bonchev–Trinajstić information content (AvgIpc) is 2.22. The summed E-state index contributed by atoms with van der Waals surface area (Å²) < 4.78 is 0. The van der Waals surface area contributed by atoms with Crippen LogP contribution in [-0.4, -0.2) is 54.6 Å². The molecule has 0 saturated carbocycles. The first-order valence-corrected chi connectivity index (χ1v) is 6.00. The molecule has 1 aliphatic heterocycles. The van der Waals surface area contributed by atoms with Crippen molar-refractivity contribution in [3.63, 3.8) is 0 Å². The number of rotatable bonds is 1. The zero-order valence-electron chi connectivity index (χ0n) is 11.0. The Kier molecular flexibility index (Phi) is 4.15. The summed E-state index contributed by atoms with van der Waals surface area (Å²) in [7, 11) is 2.20. The van der Waals surface area contributed by atoms with Gasteiger partial charge in [0, 0.05) is 37.8 Å². The molecule has 2 unspecified atom stereocenters. The van der Waals surface area contributed by atoms with E-state index < -0.39 is 0 Å². The SMILES string of the molecule is CC1CN(C)CC(CN)N(C(C)(C)C)C1. The fourth-order valence-corrected chi connectivity index (χ4v) is 2.63. The lowest BCUT2D eigenvalue weighted by atomic mass is 10.0. The Bertz CT molecular complexity index is 198. The van der Waals surface area contributed by atoms with E-state index in [2.05, 4.69) is 44.5 Å². The van der Waals surface area contributed by atoms with Crippen LogP contribution >= 0.6 is 0 Å². The number of hydrogen-bond donors (Lipinski definition) is 1. The summed E-state index contributed by atoms with van der Waals surface area (Å²) in [6, 6.07) is 0.500. The molecule has 15 heavy (non-hydrogen) atoms. The summed E-state index contributed by atoms with van der Waals surface area (Å²) >= 11 is 0. The lowest BCUT2D eigenvalue weighted by Gasteiger charge is -2.41. The minimum absolute atomic E-state index is 0.226. The molecular weight excluding hydrogens is 186 g/mol. The Morgan fingerprint density at radius 3 is 2.27 bits per heavy atom. The van der Waals surface area contributed by atoms with Gasteiger partial charge in [-0.2, -0.15) is 0 Å². The van der Waals surface area contributed by atoms with Crippen molar-refractivity contribution in [1.82, 2.24) is 9.80 Å². The van der Waals surface area contributed by atoms with E-state index in [0.29, 0.717) is 6.04 Å². The molecule has 2 atom stereocenters. The normalized spacial score (nSPS) is 31.6. The fourth-order valence-electron chi connectivity index (χ4n) is 2.63. The highest BCUT2D eigenvalue weighted by atomic mass is 15.3. The first kappa shape index (κ1) is 12.9. The molecule has 0 aromatic carbocycles. The highest BCUT2D eigenvalue weighted by Crippen LogP contribution is 2.22. The van der Waals surface area contributed by atoms with Crippen LogP contribution in [0.2, 0.25) is 0 Å². The predicted octanol–water partition coefficient (Wildman–Crippen LogP) is 0.996. The topological polar surface area (TPSA) is 32.5 Å². The number of nitrogens with two attached hydrogens (primary N) is 1. The largest absolute Gasteiger partial charge is 0.329 e. The first-order chi connectivity index (χ1) is 6.84. The third kappa shape index (κ3) is 3.44. The Labute approximate surface area is 94.6 Å². The van der Waals surface area contributed by atoms with Crippen LogP contribution in [0.15, 0.2) is 0 Å². The van der Waals surface area contributed by atoms with Crippen molar-refractivity contribution in [2.24, 2.45) is 11.7 Å². The van der Waals surface area contributed by atoms with E-state index in [1.165, 1.54) is 6.54 Å². The summed E-state index contributed by atoms with van der Waals surface area (Å²) in [5, 5.41) is 0. The van der Waals surface area contributed by atoms with Crippen molar-refractivity contribution in [2.45, 2.75) is 39.3 Å². The van der Waals surface area contributed by atoms with Crippen molar-refractivity contribution >= 4 is 0 Å². The van der Waals surface area contributed by atoms with Gasteiger partial charge in [0.05, 0.1) is 0 Å². The summed E-state index contributed by atoms with van der Waals surface area (Å²) in [6.45, 7) is 13.4. The third-order valence-electron chi connectivity index (χ3n) is 3.23. The molecule has 0 amide bonds. The van der Waals surface area contributed by atoms with Crippen LogP contribution in [0.4, 0.5) is 0 Å². The number of likely N-dealkylation sites (N-methyl/N-ethyl adjacent to an activating group) is 1. The van der Waals surface area contributed by atoms with Gasteiger partial charge in [-0.15, -0.1) is 0 Å². The van der Waals surface area contributed by atoms with Gasteiger partial charge in [-0.3, -0.25) is 4.90 Å². The maximum atomic E-state index is 5.90. The fraction of sp³-hybridized carbons (Fsp3) is 1.00. The van der Waals surface area contributed by atoms with Crippen LogP contribution < -0.4 is 5.73 Å². The van der Waals surface area contributed by atoms with Crippen LogP contribution in [0, 0.1) is 5.92 Å². The van der Waals surface area contributed by atoms with Crippen molar-refractivity contribution < 1.29 is 0 Å². The molecule has 1 rings (SSSR count). The average molecular weight is 213 g/mol. The molecule has 0 aromatic rings. The highest BCUT2D eigenvalue weighted by Gasteiger charge is 2.32. The molecule has 0 spiro atoms. The summed E-state index contributed by atoms with van der Waals surface area (Å²) in [4.78, 5) is 4.98. The van der Waals surface area contributed by atoms with Crippen LogP contribution in [0.1, 0.15) is 27.7 Å². The van der Waals surface area contributed by atoms with Gasteiger partial charge in [0.25, 0.3) is 0 Å². The van der Waals surface area contributed by atoms with Crippen LogP contribution in [0.3, 0.4) is 0 Å². The van der Waals surface area contributed by atoms with Gasteiger partial charge in [-0.25, -0.2) is 0 Å². The molecule has 90 valence electrons. The predicted molar refractivity (Wildman–Crippen MR) is 66.0 cm³/mol. The van der Waals surface area contributed by atoms with Crippen LogP contribution in [0.25, 0.3) is 0 Å². The number of nitrogens with zero attached hydrogens (tertiary/aromatic N) is 2. The molecule has 3 nitrogen and oxygen atoms in total. The molecule has 0 radical (unpaired) electrons. The second kappa shape index (κ2) is 4.81. The van der Waals surface area contributed by atoms with Gasteiger partial charge in [0.2, 0.25) is 0 Å². The van der Waals surface area contributed by atoms with E-state index in [1.807, 2.05) is 0 Å². The Hall–Kier alpha value is -0.120. The first-order valence-electron chi connectivity index (χ1n) is 6.00. The van der Waals surface area contributed by atoms with Crippen molar-refractivity contribution in [3.05, 3.63) is 0 Å². The minimum atomic E-state index is 0.226. The Morgan fingerprint density at radius 2 is 1.80 bits per heavy atom. The maximum absolute atomic E-state index is 5.90. The molecule has 0 aliphatic carbocycles. The van der Waals surface area contributed by atoms with E-state index in [1.54, 1.807) is 0 Å². The zero-order chi connectivity index (χ0) is 11.6. The molecule has 0 aromatic heterocycles. The standard InChI is InChI=1S/C12H27N3/c1-10-7-14(5)9-11(6-13)15(8-10)12(2,3)4/h10-11H,6-9,13H2,1-5H3. The monoisotopic (exact) mass is 213 g/mol. The lowest BCUT2D eigenvalue weighted by Crippen LogP contribution is -2.53. The van der Waals surface area contributed by atoms with Gasteiger partial charge in [0.15, 0.2) is 0 Å². The van der Waals surface area contributed by atoms with E-state index in [9.17, 15) is 0 Å². The quantitative estimate of drug-likeness (QED) is 0.705. The maximum Gasteiger partial charge on any atom is 0.0350 e. The van der Waals surface area contributed by atoms with Gasteiger partial charge in [-0.1, -0.05) is 6.92 Å².